The Labute approximate surface area is 311 Å². The van der Waals surface area contributed by atoms with Gasteiger partial charge in [-0.1, -0.05) is 38.1 Å². The molecule has 1 N–H and O–H groups in total. The molecule has 0 saturated carbocycles. The van der Waals surface area contributed by atoms with E-state index in [-0.39, 0.29) is 11.9 Å². The molecular formula is C42H42N6O6. The molecule has 8 rings (SSSR count). The lowest BCUT2D eigenvalue weighted by molar-refractivity contribution is -0.159. The van der Waals surface area contributed by atoms with E-state index in [0.29, 0.717) is 24.9 Å². The maximum atomic E-state index is 12.4. The van der Waals surface area contributed by atoms with Crippen LogP contribution >= 0.6 is 0 Å². The van der Waals surface area contributed by atoms with Crippen molar-refractivity contribution >= 4 is 56.2 Å². The minimum absolute atomic E-state index is 0.207. The van der Waals surface area contributed by atoms with Gasteiger partial charge < -0.3 is 27.8 Å². The highest BCUT2D eigenvalue weighted by Gasteiger charge is 2.24. The van der Waals surface area contributed by atoms with Crippen molar-refractivity contribution < 1.29 is 28.3 Å². The normalized spacial score (nSPS) is 12.9. The first kappa shape index (κ1) is 36.1. The number of para-hydroxylation sites is 4. The average Bonchev–Trinajstić information content (AvgIpc) is 3.90. The van der Waals surface area contributed by atoms with Crippen LogP contribution in [0.3, 0.4) is 0 Å². The van der Waals surface area contributed by atoms with Crippen LogP contribution in [0.5, 0.6) is 0 Å². The molecule has 0 aliphatic rings. The van der Waals surface area contributed by atoms with Gasteiger partial charge in [-0.25, -0.2) is 19.9 Å². The molecule has 12 heteroatoms. The maximum absolute atomic E-state index is 12.4. The zero-order valence-corrected chi connectivity index (χ0v) is 31.3. The molecule has 0 spiro atoms. The number of hydrogen-bond donors (Lipinski definition) is 1. The molecule has 12 nitrogen and oxygen atoms in total. The molecule has 0 amide bonds. The summed E-state index contributed by atoms with van der Waals surface area (Å²) in [6, 6.07) is 27.1. The van der Waals surface area contributed by atoms with Crippen LogP contribution in [0.4, 0.5) is 0 Å². The fourth-order valence-electron chi connectivity index (χ4n) is 6.32. The zero-order chi connectivity index (χ0) is 38.3. The van der Waals surface area contributed by atoms with Crippen LogP contribution in [0.25, 0.3) is 67.2 Å². The quantitative estimate of drug-likeness (QED) is 0.150. The number of carboxylic acid groups (broad SMARTS) is 1. The number of aromatic nitrogens is 6. The zero-order valence-electron chi connectivity index (χ0n) is 31.3. The Hall–Kier alpha value is -6.30. The van der Waals surface area contributed by atoms with Gasteiger partial charge >= 0.3 is 11.9 Å². The van der Waals surface area contributed by atoms with Gasteiger partial charge in [0.05, 0.1) is 33.9 Å². The Morgan fingerprint density at radius 2 is 1.11 bits per heavy atom. The summed E-state index contributed by atoms with van der Waals surface area (Å²) in [7, 11) is 0. The molecule has 276 valence electrons. The number of imidazole rings is 2. The summed E-state index contributed by atoms with van der Waals surface area (Å²) in [4.78, 5) is 41.8. The van der Waals surface area contributed by atoms with Crippen molar-refractivity contribution in [3.05, 3.63) is 96.6 Å². The molecule has 4 aromatic carbocycles. The van der Waals surface area contributed by atoms with E-state index in [0.717, 1.165) is 67.0 Å². The van der Waals surface area contributed by atoms with Crippen LogP contribution in [0, 0.1) is 25.7 Å². The molecule has 2 unspecified atom stereocenters. The van der Waals surface area contributed by atoms with Gasteiger partial charge in [-0.2, -0.15) is 0 Å². The van der Waals surface area contributed by atoms with Gasteiger partial charge in [-0.15, -0.1) is 0 Å². The molecule has 0 radical (unpaired) electrons. The number of aliphatic carboxylic acids is 1. The third kappa shape index (κ3) is 7.45. The number of carbonyl (C=O) groups is 2. The standard InChI is InChI=1S/C23H25N3O3.C19H17N3O3/c1-14(22(27)29-23(3,4)5)13-26-15(2)24-18-12-16(10-11-19(18)26)21-25-17-8-6-7-9-20(17)28-21;1-11(19(23)24)10-22-12(2)20-15-9-13(7-8-16(15)22)18-21-14-5-3-4-6-17(14)25-18/h6-12,14H,13H2,1-5H3;3-9,11H,10H2,1-2H3,(H,23,24). The molecule has 4 heterocycles. The Morgan fingerprint density at radius 3 is 1.54 bits per heavy atom. The second-order valence-corrected chi connectivity index (χ2v) is 14.6. The first-order chi connectivity index (χ1) is 25.7. The van der Waals surface area contributed by atoms with Crippen molar-refractivity contribution in [2.24, 2.45) is 11.8 Å². The number of rotatable bonds is 8. The summed E-state index contributed by atoms with van der Waals surface area (Å²) in [5.41, 5.74) is 7.90. The van der Waals surface area contributed by atoms with Crippen molar-refractivity contribution in [1.29, 1.82) is 0 Å². The van der Waals surface area contributed by atoms with Gasteiger partial charge in [-0.05, 0) is 95.3 Å². The lowest BCUT2D eigenvalue weighted by Gasteiger charge is -2.22. The van der Waals surface area contributed by atoms with E-state index in [9.17, 15) is 9.59 Å². The molecule has 0 aliphatic carbocycles. The Morgan fingerprint density at radius 1 is 0.667 bits per heavy atom. The summed E-state index contributed by atoms with van der Waals surface area (Å²) >= 11 is 0. The molecule has 2 atom stereocenters. The number of nitrogens with zero attached hydrogens (tertiary/aromatic N) is 6. The van der Waals surface area contributed by atoms with Gasteiger partial charge in [0.1, 0.15) is 28.3 Å². The van der Waals surface area contributed by atoms with Crippen LogP contribution in [0.2, 0.25) is 0 Å². The third-order valence-electron chi connectivity index (χ3n) is 9.10. The van der Waals surface area contributed by atoms with Crippen LogP contribution < -0.4 is 0 Å². The second kappa shape index (κ2) is 14.3. The van der Waals surface area contributed by atoms with E-state index in [1.54, 1.807) is 6.92 Å². The number of esters is 1. The number of hydrogen-bond acceptors (Lipinski definition) is 9. The van der Waals surface area contributed by atoms with E-state index < -0.39 is 17.5 Å². The largest absolute Gasteiger partial charge is 0.481 e. The Balaban J connectivity index is 0.000000168. The van der Waals surface area contributed by atoms with Crippen molar-refractivity contribution in [2.75, 3.05) is 0 Å². The van der Waals surface area contributed by atoms with Crippen molar-refractivity contribution in [3.8, 4) is 22.9 Å². The maximum Gasteiger partial charge on any atom is 0.310 e. The molecular weight excluding hydrogens is 684 g/mol. The lowest BCUT2D eigenvalue weighted by Crippen LogP contribution is -2.29. The molecule has 4 aromatic heterocycles. The minimum atomic E-state index is -0.815. The smallest absolute Gasteiger partial charge is 0.310 e. The topological polar surface area (TPSA) is 151 Å². The number of aryl methyl sites for hydroxylation is 2. The number of oxazole rings is 2. The van der Waals surface area contributed by atoms with Gasteiger partial charge in [0.2, 0.25) is 11.8 Å². The summed E-state index contributed by atoms with van der Waals surface area (Å²) in [5.74, 6) is 0.987. The highest BCUT2D eigenvalue weighted by Crippen LogP contribution is 2.30. The highest BCUT2D eigenvalue weighted by atomic mass is 16.6. The SMILES string of the molecule is Cc1nc2cc(-c3nc4ccccc4o3)ccc2n1CC(C)C(=O)O.Cc1nc2cc(-c3nc4ccccc4o3)ccc2n1CC(C)C(=O)OC(C)(C)C. The number of carboxylic acids is 1. The van der Waals surface area contributed by atoms with E-state index in [1.807, 2.05) is 131 Å². The highest BCUT2D eigenvalue weighted by molar-refractivity contribution is 5.85. The number of benzene rings is 4. The van der Waals surface area contributed by atoms with E-state index >= 15 is 0 Å². The first-order valence-electron chi connectivity index (χ1n) is 17.9. The summed E-state index contributed by atoms with van der Waals surface area (Å²) in [6.45, 7) is 13.9. The summed E-state index contributed by atoms with van der Waals surface area (Å²) in [5, 5.41) is 9.15. The predicted molar refractivity (Wildman–Crippen MR) is 207 cm³/mol. The van der Waals surface area contributed by atoms with Gasteiger partial charge in [0, 0.05) is 24.2 Å². The molecule has 0 fully saturated rings. The average molecular weight is 727 g/mol. The van der Waals surface area contributed by atoms with Gasteiger partial charge in [-0.3, -0.25) is 9.59 Å². The number of fused-ring (bicyclic) bond motifs is 4. The minimum Gasteiger partial charge on any atom is -0.481 e. The number of ether oxygens (including phenoxy) is 1. The summed E-state index contributed by atoms with van der Waals surface area (Å²) in [6.07, 6.45) is 0. The Kier molecular flexibility index (Phi) is 9.53. The van der Waals surface area contributed by atoms with E-state index in [2.05, 4.69) is 24.5 Å². The third-order valence-corrected chi connectivity index (χ3v) is 9.10. The molecule has 0 saturated heterocycles. The van der Waals surface area contributed by atoms with Crippen LogP contribution in [0.1, 0.15) is 46.3 Å². The molecule has 0 bridgehead atoms. The van der Waals surface area contributed by atoms with Crippen molar-refractivity contribution in [3.63, 3.8) is 0 Å². The summed E-state index contributed by atoms with van der Waals surface area (Å²) < 4.78 is 21.2. The van der Waals surface area contributed by atoms with Crippen LogP contribution in [-0.2, 0) is 27.4 Å². The van der Waals surface area contributed by atoms with E-state index in [4.69, 9.17) is 18.7 Å². The Bertz CT molecular complexity index is 2590. The second-order valence-electron chi connectivity index (χ2n) is 14.6. The monoisotopic (exact) mass is 726 g/mol. The fraction of sp³-hybridized carbons (Fsp3) is 0.286. The van der Waals surface area contributed by atoms with Gasteiger partial charge in [0.15, 0.2) is 11.2 Å². The molecule has 54 heavy (non-hydrogen) atoms. The van der Waals surface area contributed by atoms with Crippen molar-refractivity contribution in [1.82, 2.24) is 29.1 Å². The van der Waals surface area contributed by atoms with E-state index in [1.165, 1.54) is 0 Å². The molecule has 8 aromatic rings. The fourth-order valence-corrected chi connectivity index (χ4v) is 6.32. The predicted octanol–water partition coefficient (Wildman–Crippen LogP) is 9.00. The molecule has 0 aliphatic heterocycles. The lowest BCUT2D eigenvalue weighted by atomic mass is 10.1. The number of carbonyl (C=O) groups excluding carboxylic acids is 1. The van der Waals surface area contributed by atoms with Gasteiger partial charge in [0.25, 0.3) is 0 Å². The first-order valence-corrected chi connectivity index (χ1v) is 17.9. The van der Waals surface area contributed by atoms with Crippen molar-refractivity contribution in [2.45, 2.75) is 67.2 Å². The van der Waals surface area contributed by atoms with Crippen LogP contribution in [-0.4, -0.2) is 51.7 Å². The van der Waals surface area contributed by atoms with Crippen LogP contribution in [0.15, 0.2) is 93.8 Å².